The van der Waals surface area contributed by atoms with Crippen LogP contribution in [0.4, 0.5) is 0 Å². The molecular weight excluding hydrogens is 208 g/mol. The Hall–Kier alpha value is -1.70. The molecule has 2 heteroatoms. The lowest BCUT2D eigenvalue weighted by atomic mass is 10.1. The van der Waals surface area contributed by atoms with Crippen LogP contribution in [0, 0.1) is 6.92 Å². The van der Waals surface area contributed by atoms with Gasteiger partial charge in [0, 0.05) is 29.7 Å². The van der Waals surface area contributed by atoms with Crippen molar-refractivity contribution in [2.24, 2.45) is 7.05 Å². The zero-order valence-corrected chi connectivity index (χ0v) is 10.6. The van der Waals surface area contributed by atoms with E-state index in [4.69, 9.17) is 0 Å². The van der Waals surface area contributed by atoms with Gasteiger partial charge in [0.25, 0.3) is 0 Å². The van der Waals surface area contributed by atoms with Gasteiger partial charge in [-0.05, 0) is 25.5 Å². The molecule has 0 saturated heterocycles. The average Bonchev–Trinajstić information content (AvgIpc) is 2.29. The highest BCUT2D eigenvalue weighted by Gasteiger charge is 2.02. The highest BCUT2D eigenvalue weighted by atomic mass is 14.9. The van der Waals surface area contributed by atoms with E-state index in [0.29, 0.717) is 0 Å². The van der Waals surface area contributed by atoms with Gasteiger partial charge in [0.15, 0.2) is 24.8 Å². The first kappa shape index (κ1) is 11.8. The molecule has 0 spiro atoms. The highest BCUT2D eigenvalue weighted by molar-refractivity contribution is 5.05. The molecule has 0 bridgehead atoms. The van der Waals surface area contributed by atoms with Crippen molar-refractivity contribution >= 4 is 0 Å². The first-order valence-electron chi connectivity index (χ1n) is 6.14. The van der Waals surface area contributed by atoms with Crippen LogP contribution in [0.1, 0.15) is 17.5 Å². The van der Waals surface area contributed by atoms with Gasteiger partial charge in [-0.2, -0.15) is 0 Å². The Labute approximate surface area is 103 Å². The Balaban J connectivity index is 1.87. The molecule has 0 aromatic carbocycles. The Morgan fingerprint density at radius 1 is 1.06 bits per heavy atom. The second kappa shape index (κ2) is 5.58. The molecule has 88 valence electrons. The van der Waals surface area contributed by atoms with Crippen LogP contribution < -0.4 is 9.13 Å². The van der Waals surface area contributed by atoms with Crippen molar-refractivity contribution in [1.29, 1.82) is 0 Å². The second-order valence-corrected chi connectivity index (χ2v) is 4.60. The van der Waals surface area contributed by atoms with Crippen molar-refractivity contribution in [3.8, 4) is 0 Å². The summed E-state index contributed by atoms with van der Waals surface area (Å²) in [6.45, 7) is 3.22. The maximum atomic E-state index is 2.26. The Morgan fingerprint density at radius 3 is 2.65 bits per heavy atom. The van der Waals surface area contributed by atoms with E-state index in [1.807, 2.05) is 0 Å². The van der Waals surface area contributed by atoms with Crippen molar-refractivity contribution in [3.63, 3.8) is 0 Å². The van der Waals surface area contributed by atoms with Crippen LogP contribution in [0.2, 0.25) is 0 Å². The fourth-order valence-electron chi connectivity index (χ4n) is 2.06. The minimum absolute atomic E-state index is 1.08. The van der Waals surface area contributed by atoms with Gasteiger partial charge in [-0.3, -0.25) is 0 Å². The van der Waals surface area contributed by atoms with E-state index < -0.39 is 0 Å². The van der Waals surface area contributed by atoms with Gasteiger partial charge >= 0.3 is 0 Å². The number of hydrogen-bond donors (Lipinski definition) is 0. The van der Waals surface area contributed by atoms with Gasteiger partial charge in [0.1, 0.15) is 13.6 Å². The van der Waals surface area contributed by atoms with E-state index in [0.717, 1.165) is 13.0 Å². The van der Waals surface area contributed by atoms with E-state index in [9.17, 15) is 0 Å². The van der Waals surface area contributed by atoms with Gasteiger partial charge in [0.05, 0.1) is 0 Å². The summed E-state index contributed by atoms with van der Waals surface area (Å²) in [4.78, 5) is 0. The molecular formula is C15H20N2+2. The average molecular weight is 228 g/mol. The third kappa shape index (κ3) is 3.66. The minimum Gasteiger partial charge on any atom is -0.208 e. The molecule has 2 heterocycles. The van der Waals surface area contributed by atoms with E-state index in [2.05, 4.69) is 72.2 Å². The van der Waals surface area contributed by atoms with Gasteiger partial charge in [0.2, 0.25) is 0 Å². The summed E-state index contributed by atoms with van der Waals surface area (Å²) < 4.78 is 4.37. The van der Waals surface area contributed by atoms with Crippen molar-refractivity contribution in [1.82, 2.24) is 0 Å². The fourth-order valence-corrected chi connectivity index (χ4v) is 2.06. The zero-order chi connectivity index (χ0) is 12.1. The highest BCUT2D eigenvalue weighted by Crippen LogP contribution is 1.99. The van der Waals surface area contributed by atoms with Crippen molar-refractivity contribution < 1.29 is 9.13 Å². The molecule has 0 N–H and O–H groups in total. The second-order valence-electron chi connectivity index (χ2n) is 4.60. The predicted molar refractivity (Wildman–Crippen MR) is 67.3 cm³/mol. The van der Waals surface area contributed by atoms with E-state index in [1.165, 1.54) is 17.5 Å². The van der Waals surface area contributed by atoms with E-state index in [-0.39, 0.29) is 0 Å². The van der Waals surface area contributed by atoms with Crippen molar-refractivity contribution in [3.05, 3.63) is 60.2 Å². The quantitative estimate of drug-likeness (QED) is 0.704. The standard InChI is InChI=1S/C15H20N2/c1-14-6-3-10-17(12-14)11-5-8-15-7-4-9-16(2)13-15/h3-4,6-7,9-10,12-13H,5,8,11H2,1-2H3/q+2. The fraction of sp³-hybridized carbons (Fsp3) is 0.333. The molecule has 2 rings (SSSR count). The lowest BCUT2D eigenvalue weighted by Gasteiger charge is -1.99. The van der Waals surface area contributed by atoms with Crippen LogP contribution >= 0.6 is 0 Å². The van der Waals surface area contributed by atoms with Crippen LogP contribution in [0.15, 0.2) is 49.1 Å². The number of aryl methyl sites for hydroxylation is 4. The molecule has 17 heavy (non-hydrogen) atoms. The molecule has 0 aliphatic rings. The summed E-state index contributed by atoms with van der Waals surface area (Å²) in [6.07, 6.45) is 10.9. The van der Waals surface area contributed by atoms with Gasteiger partial charge < -0.3 is 0 Å². The molecule has 0 amide bonds. The van der Waals surface area contributed by atoms with Gasteiger partial charge in [-0.1, -0.05) is 0 Å². The molecule has 0 saturated carbocycles. The molecule has 0 unspecified atom stereocenters. The number of pyridine rings is 2. The zero-order valence-electron chi connectivity index (χ0n) is 10.6. The van der Waals surface area contributed by atoms with E-state index >= 15 is 0 Å². The molecule has 0 aliphatic carbocycles. The number of rotatable bonds is 4. The third-order valence-corrected chi connectivity index (χ3v) is 2.89. The minimum atomic E-state index is 1.08. The Bertz CT molecular complexity index is 446. The first-order chi connectivity index (χ1) is 8.24. The largest absolute Gasteiger partial charge is 0.208 e. The summed E-state index contributed by atoms with van der Waals surface area (Å²) in [7, 11) is 2.07. The summed E-state index contributed by atoms with van der Waals surface area (Å²) in [5.74, 6) is 0. The van der Waals surface area contributed by atoms with Crippen LogP contribution in [-0.4, -0.2) is 0 Å². The summed E-state index contributed by atoms with van der Waals surface area (Å²) in [5.41, 5.74) is 2.72. The molecule has 0 radical (unpaired) electrons. The Morgan fingerprint density at radius 2 is 1.88 bits per heavy atom. The van der Waals surface area contributed by atoms with Crippen LogP contribution in [0.25, 0.3) is 0 Å². The SMILES string of the molecule is Cc1ccc[n+](CCCc2ccc[n+](C)c2)c1. The normalized spacial score (nSPS) is 10.5. The summed E-state index contributed by atoms with van der Waals surface area (Å²) in [6, 6.07) is 8.54. The first-order valence-corrected chi connectivity index (χ1v) is 6.14. The van der Waals surface area contributed by atoms with Gasteiger partial charge in [-0.15, -0.1) is 0 Å². The third-order valence-electron chi connectivity index (χ3n) is 2.89. The number of nitrogens with zero attached hydrogens (tertiary/aromatic N) is 2. The van der Waals surface area contributed by atoms with Gasteiger partial charge in [-0.25, -0.2) is 9.13 Å². The smallest absolute Gasteiger partial charge is 0.171 e. The maximum Gasteiger partial charge on any atom is 0.171 e. The van der Waals surface area contributed by atoms with Crippen LogP contribution in [0.3, 0.4) is 0 Å². The predicted octanol–water partition coefficient (Wildman–Crippen LogP) is 1.74. The molecule has 2 nitrogen and oxygen atoms in total. The molecule has 0 fully saturated rings. The van der Waals surface area contributed by atoms with Crippen LogP contribution in [0.5, 0.6) is 0 Å². The number of aromatic nitrogens is 2. The Kier molecular flexibility index (Phi) is 3.86. The lowest BCUT2D eigenvalue weighted by molar-refractivity contribution is -0.697. The molecule has 0 aliphatic heterocycles. The topological polar surface area (TPSA) is 7.76 Å². The van der Waals surface area contributed by atoms with Crippen molar-refractivity contribution in [2.45, 2.75) is 26.3 Å². The molecule has 2 aromatic rings. The molecule has 0 atom stereocenters. The maximum absolute atomic E-state index is 2.26. The lowest BCUT2D eigenvalue weighted by Crippen LogP contribution is -2.33. The summed E-state index contributed by atoms with van der Waals surface area (Å²) >= 11 is 0. The number of hydrogen-bond acceptors (Lipinski definition) is 0. The molecule has 2 aromatic heterocycles. The van der Waals surface area contributed by atoms with Crippen LogP contribution in [-0.2, 0) is 20.0 Å². The summed E-state index contributed by atoms with van der Waals surface area (Å²) in [5, 5.41) is 0. The monoisotopic (exact) mass is 228 g/mol. The van der Waals surface area contributed by atoms with E-state index in [1.54, 1.807) is 0 Å². The van der Waals surface area contributed by atoms with Crippen molar-refractivity contribution in [2.75, 3.05) is 0 Å².